The van der Waals surface area contributed by atoms with Crippen molar-refractivity contribution < 1.29 is 9.59 Å². The summed E-state index contributed by atoms with van der Waals surface area (Å²) in [4.78, 5) is 23.9. The molecule has 5 nitrogen and oxygen atoms in total. The summed E-state index contributed by atoms with van der Waals surface area (Å²) < 4.78 is 0. The number of hydrogen-bond acceptors (Lipinski definition) is 3. The molecule has 3 N–H and O–H groups in total. The number of nitrogens with one attached hydrogen (secondary N) is 1. The first-order valence-corrected chi connectivity index (χ1v) is 4.46. The number of nitrogens with zero attached hydrogens (tertiary/aromatic N) is 1. The Balaban J connectivity index is 2.38. The van der Waals surface area contributed by atoms with Crippen molar-refractivity contribution in [2.24, 2.45) is 5.73 Å². The second-order valence-electron chi connectivity index (χ2n) is 3.11. The van der Waals surface area contributed by atoms with Crippen molar-refractivity contribution in [1.29, 1.82) is 0 Å². The molecule has 1 aliphatic rings. The molecular weight excluding hydrogens is 170 g/mol. The molecule has 1 fully saturated rings. The summed E-state index contributed by atoms with van der Waals surface area (Å²) >= 11 is 0. The Morgan fingerprint density at radius 3 is 2.92 bits per heavy atom. The minimum Gasteiger partial charge on any atom is -0.355 e. The molecule has 1 rings (SSSR count). The number of hydrogen-bond donors (Lipinski definition) is 2. The number of rotatable bonds is 3. The highest BCUT2D eigenvalue weighted by Gasteiger charge is 2.29. The van der Waals surface area contributed by atoms with Gasteiger partial charge in [-0.05, 0) is 13.3 Å². The van der Waals surface area contributed by atoms with E-state index in [1.54, 1.807) is 0 Å². The summed E-state index contributed by atoms with van der Waals surface area (Å²) in [5.41, 5.74) is 5.50. The van der Waals surface area contributed by atoms with Gasteiger partial charge in [-0.2, -0.15) is 0 Å². The highest BCUT2D eigenvalue weighted by Crippen LogP contribution is 2.07. The van der Waals surface area contributed by atoms with Gasteiger partial charge in [0.1, 0.15) is 0 Å². The molecule has 2 amide bonds. The molecule has 0 aromatic carbocycles. The SMILES string of the molecule is CCNC(=O)CN1CCC(N)C1=O. The molecule has 0 aliphatic carbocycles. The quantitative estimate of drug-likeness (QED) is 0.572. The number of amides is 2. The van der Waals surface area contributed by atoms with E-state index in [-0.39, 0.29) is 18.4 Å². The van der Waals surface area contributed by atoms with E-state index in [1.165, 1.54) is 4.90 Å². The van der Waals surface area contributed by atoms with E-state index in [1.807, 2.05) is 6.92 Å². The van der Waals surface area contributed by atoms with Gasteiger partial charge in [0.2, 0.25) is 11.8 Å². The Hall–Kier alpha value is -1.10. The lowest BCUT2D eigenvalue weighted by molar-refractivity contribution is -0.133. The summed E-state index contributed by atoms with van der Waals surface area (Å²) in [6, 6.07) is -0.408. The molecule has 5 heteroatoms. The molecule has 0 aromatic heterocycles. The smallest absolute Gasteiger partial charge is 0.240 e. The summed E-state index contributed by atoms with van der Waals surface area (Å²) in [5.74, 6) is -0.240. The standard InChI is InChI=1S/C8H15N3O2/c1-2-10-7(12)5-11-4-3-6(9)8(11)13/h6H,2-5,9H2,1H3,(H,10,12). The van der Waals surface area contributed by atoms with Gasteiger partial charge in [-0.1, -0.05) is 0 Å². The monoisotopic (exact) mass is 185 g/mol. The molecule has 1 atom stereocenters. The average molecular weight is 185 g/mol. The van der Waals surface area contributed by atoms with Crippen LogP contribution in [0, 0.1) is 0 Å². The molecule has 0 bridgehead atoms. The van der Waals surface area contributed by atoms with Crippen LogP contribution in [0.25, 0.3) is 0 Å². The van der Waals surface area contributed by atoms with Crippen LogP contribution in [-0.4, -0.2) is 42.4 Å². The first-order chi connectivity index (χ1) is 6.15. The fourth-order valence-corrected chi connectivity index (χ4v) is 1.35. The Labute approximate surface area is 77.3 Å². The second kappa shape index (κ2) is 4.23. The molecule has 0 saturated carbocycles. The van der Waals surface area contributed by atoms with Gasteiger partial charge in [0.05, 0.1) is 12.6 Å². The van der Waals surface area contributed by atoms with Crippen molar-refractivity contribution in [3.05, 3.63) is 0 Å². The van der Waals surface area contributed by atoms with Crippen molar-refractivity contribution >= 4 is 11.8 Å². The summed E-state index contributed by atoms with van der Waals surface area (Å²) in [6.45, 7) is 3.17. The highest BCUT2D eigenvalue weighted by atomic mass is 16.2. The second-order valence-corrected chi connectivity index (χ2v) is 3.11. The molecular formula is C8H15N3O2. The zero-order valence-corrected chi connectivity index (χ0v) is 7.75. The lowest BCUT2D eigenvalue weighted by Crippen LogP contribution is -2.40. The van der Waals surface area contributed by atoms with Crippen molar-refractivity contribution in [1.82, 2.24) is 10.2 Å². The molecule has 1 saturated heterocycles. The van der Waals surface area contributed by atoms with Crippen LogP contribution in [0.1, 0.15) is 13.3 Å². The van der Waals surface area contributed by atoms with E-state index in [9.17, 15) is 9.59 Å². The van der Waals surface area contributed by atoms with Gasteiger partial charge in [-0.25, -0.2) is 0 Å². The molecule has 0 radical (unpaired) electrons. The topological polar surface area (TPSA) is 75.4 Å². The predicted octanol–water partition coefficient (Wildman–Crippen LogP) is -1.32. The van der Waals surface area contributed by atoms with Crippen LogP contribution in [0.4, 0.5) is 0 Å². The summed E-state index contributed by atoms with van der Waals surface area (Å²) in [6.07, 6.45) is 0.651. The number of nitrogens with two attached hydrogens (primary N) is 1. The number of carbonyl (C=O) groups is 2. The van der Waals surface area contributed by atoms with Crippen molar-refractivity contribution in [3.8, 4) is 0 Å². The fraction of sp³-hybridized carbons (Fsp3) is 0.750. The number of likely N-dealkylation sites (tertiary alicyclic amines) is 1. The molecule has 0 spiro atoms. The molecule has 0 aromatic rings. The van der Waals surface area contributed by atoms with Gasteiger partial charge in [0.25, 0.3) is 0 Å². The minimum absolute atomic E-state index is 0.119. The van der Waals surface area contributed by atoms with Crippen molar-refractivity contribution in [3.63, 3.8) is 0 Å². The van der Waals surface area contributed by atoms with Crippen LogP contribution in [0.15, 0.2) is 0 Å². The Bertz CT molecular complexity index is 217. The third-order valence-electron chi connectivity index (χ3n) is 2.05. The van der Waals surface area contributed by atoms with Gasteiger partial charge in [-0.3, -0.25) is 9.59 Å². The van der Waals surface area contributed by atoms with Crippen molar-refractivity contribution in [2.75, 3.05) is 19.6 Å². The fourth-order valence-electron chi connectivity index (χ4n) is 1.35. The van der Waals surface area contributed by atoms with Gasteiger partial charge >= 0.3 is 0 Å². The maximum Gasteiger partial charge on any atom is 0.240 e. The van der Waals surface area contributed by atoms with Gasteiger partial charge < -0.3 is 16.0 Å². The van der Waals surface area contributed by atoms with Gasteiger partial charge in [-0.15, -0.1) is 0 Å². The third-order valence-corrected chi connectivity index (χ3v) is 2.05. The number of likely N-dealkylation sites (N-methyl/N-ethyl adjacent to an activating group) is 1. The third kappa shape index (κ3) is 2.42. The van der Waals surface area contributed by atoms with Crippen molar-refractivity contribution in [2.45, 2.75) is 19.4 Å². The van der Waals surface area contributed by atoms with E-state index >= 15 is 0 Å². The zero-order valence-electron chi connectivity index (χ0n) is 7.75. The van der Waals surface area contributed by atoms with E-state index in [0.717, 1.165) is 0 Å². The van der Waals surface area contributed by atoms with Crippen LogP contribution in [0.3, 0.4) is 0 Å². The van der Waals surface area contributed by atoms with Crippen LogP contribution in [-0.2, 0) is 9.59 Å². The summed E-state index contributed by atoms with van der Waals surface area (Å²) in [7, 11) is 0. The predicted molar refractivity (Wildman–Crippen MR) is 47.9 cm³/mol. The molecule has 74 valence electrons. The van der Waals surface area contributed by atoms with Crippen LogP contribution >= 0.6 is 0 Å². The van der Waals surface area contributed by atoms with E-state index in [2.05, 4.69) is 5.32 Å². The van der Waals surface area contributed by atoms with Crippen LogP contribution < -0.4 is 11.1 Å². The molecule has 1 heterocycles. The lowest BCUT2D eigenvalue weighted by Gasteiger charge is -2.14. The van der Waals surface area contributed by atoms with E-state index in [0.29, 0.717) is 19.5 Å². The summed E-state index contributed by atoms with van der Waals surface area (Å²) in [5, 5.41) is 2.63. The van der Waals surface area contributed by atoms with E-state index in [4.69, 9.17) is 5.73 Å². The van der Waals surface area contributed by atoms with Crippen LogP contribution in [0.5, 0.6) is 0 Å². The maximum absolute atomic E-state index is 11.3. The minimum atomic E-state index is -0.408. The maximum atomic E-state index is 11.3. The average Bonchev–Trinajstić information content (AvgIpc) is 2.37. The first kappa shape index (κ1) is 9.98. The molecule has 1 unspecified atom stereocenters. The highest BCUT2D eigenvalue weighted by molar-refractivity contribution is 5.88. The number of carbonyl (C=O) groups excluding carboxylic acids is 2. The molecule has 1 aliphatic heterocycles. The lowest BCUT2D eigenvalue weighted by atomic mass is 10.3. The van der Waals surface area contributed by atoms with Gasteiger partial charge in [0, 0.05) is 13.1 Å². The van der Waals surface area contributed by atoms with E-state index < -0.39 is 6.04 Å². The normalized spacial score (nSPS) is 22.2. The van der Waals surface area contributed by atoms with Gasteiger partial charge in [0.15, 0.2) is 0 Å². The Morgan fingerprint density at radius 1 is 1.77 bits per heavy atom. The molecule has 13 heavy (non-hydrogen) atoms. The van der Waals surface area contributed by atoms with Crippen LogP contribution in [0.2, 0.25) is 0 Å². The Kier molecular flexibility index (Phi) is 3.25. The largest absolute Gasteiger partial charge is 0.355 e. The first-order valence-electron chi connectivity index (χ1n) is 4.46. The Morgan fingerprint density at radius 2 is 2.46 bits per heavy atom. The zero-order chi connectivity index (χ0) is 9.84.